The lowest BCUT2D eigenvalue weighted by atomic mass is 9.75. The summed E-state index contributed by atoms with van der Waals surface area (Å²) in [5.74, 6) is 0.896. The van der Waals surface area contributed by atoms with Crippen LogP contribution in [0.1, 0.15) is 66.7 Å². The highest BCUT2D eigenvalue weighted by atomic mass is 16.2. The SMILES string of the molecule is CCNC(=O)CCCC(=O)N1CCC2(C1)CN(C(=O)C(C)(C)CC(C)C)C2. The summed E-state index contributed by atoms with van der Waals surface area (Å²) in [5.41, 5.74) is -0.220. The highest BCUT2D eigenvalue weighted by Crippen LogP contribution is 2.42. The van der Waals surface area contributed by atoms with E-state index in [2.05, 4.69) is 19.2 Å². The average molecular weight is 380 g/mol. The molecule has 2 heterocycles. The molecule has 1 N–H and O–H groups in total. The first kappa shape index (κ1) is 21.7. The van der Waals surface area contributed by atoms with Gasteiger partial charge in [0.25, 0.3) is 0 Å². The van der Waals surface area contributed by atoms with Gasteiger partial charge in [-0.3, -0.25) is 14.4 Å². The third-order valence-electron chi connectivity index (χ3n) is 5.80. The summed E-state index contributed by atoms with van der Waals surface area (Å²) in [6.07, 6.45) is 3.31. The van der Waals surface area contributed by atoms with Crippen LogP contribution in [0.2, 0.25) is 0 Å². The van der Waals surface area contributed by atoms with E-state index >= 15 is 0 Å². The molecule has 0 bridgehead atoms. The van der Waals surface area contributed by atoms with E-state index in [-0.39, 0.29) is 28.6 Å². The fourth-order valence-electron chi connectivity index (χ4n) is 4.69. The van der Waals surface area contributed by atoms with E-state index in [9.17, 15) is 14.4 Å². The van der Waals surface area contributed by atoms with Crippen LogP contribution in [0.5, 0.6) is 0 Å². The van der Waals surface area contributed by atoms with Gasteiger partial charge in [-0.25, -0.2) is 0 Å². The molecule has 0 saturated carbocycles. The molecule has 27 heavy (non-hydrogen) atoms. The molecule has 0 unspecified atom stereocenters. The van der Waals surface area contributed by atoms with Gasteiger partial charge >= 0.3 is 0 Å². The monoisotopic (exact) mass is 379 g/mol. The molecule has 3 amide bonds. The first-order chi connectivity index (χ1) is 12.6. The maximum atomic E-state index is 12.8. The van der Waals surface area contributed by atoms with E-state index in [0.717, 1.165) is 39.0 Å². The smallest absolute Gasteiger partial charge is 0.228 e. The van der Waals surface area contributed by atoms with Gasteiger partial charge in [0, 0.05) is 56.4 Å². The zero-order valence-electron chi connectivity index (χ0n) is 17.8. The molecule has 2 aliphatic rings. The second-order valence-corrected chi connectivity index (χ2v) is 9.52. The summed E-state index contributed by atoms with van der Waals surface area (Å²) in [4.78, 5) is 40.6. The molecule has 2 fully saturated rings. The van der Waals surface area contributed by atoms with Crippen LogP contribution >= 0.6 is 0 Å². The Balaban J connectivity index is 1.76. The molecule has 6 heteroatoms. The van der Waals surface area contributed by atoms with Gasteiger partial charge in [-0.15, -0.1) is 0 Å². The van der Waals surface area contributed by atoms with Crippen LogP contribution in [0.25, 0.3) is 0 Å². The van der Waals surface area contributed by atoms with Gasteiger partial charge in [-0.05, 0) is 32.1 Å². The van der Waals surface area contributed by atoms with Crippen molar-refractivity contribution in [3.05, 3.63) is 0 Å². The zero-order chi connectivity index (χ0) is 20.2. The van der Waals surface area contributed by atoms with Gasteiger partial charge in [0.05, 0.1) is 0 Å². The van der Waals surface area contributed by atoms with E-state index < -0.39 is 0 Å². The molecule has 0 aromatic rings. The van der Waals surface area contributed by atoms with E-state index in [0.29, 0.717) is 31.7 Å². The minimum absolute atomic E-state index is 0.0142. The van der Waals surface area contributed by atoms with Crippen LogP contribution < -0.4 is 5.32 Å². The fraction of sp³-hybridized carbons (Fsp3) is 0.857. The Bertz CT molecular complexity index is 565. The summed E-state index contributed by atoms with van der Waals surface area (Å²) >= 11 is 0. The molecule has 2 saturated heterocycles. The Morgan fingerprint density at radius 2 is 1.70 bits per heavy atom. The van der Waals surface area contributed by atoms with Crippen LogP contribution in [-0.2, 0) is 14.4 Å². The summed E-state index contributed by atoms with van der Waals surface area (Å²) in [5, 5.41) is 2.76. The summed E-state index contributed by atoms with van der Waals surface area (Å²) in [6.45, 7) is 14.0. The van der Waals surface area contributed by atoms with Crippen LogP contribution in [0.4, 0.5) is 0 Å². The normalized spacial score (nSPS) is 18.7. The zero-order valence-corrected chi connectivity index (χ0v) is 17.8. The lowest BCUT2D eigenvalue weighted by Crippen LogP contribution is -2.62. The van der Waals surface area contributed by atoms with Crippen molar-refractivity contribution in [2.45, 2.75) is 66.7 Å². The predicted octanol–water partition coefficient (Wildman–Crippen LogP) is 2.43. The number of hydrogen-bond acceptors (Lipinski definition) is 3. The number of amides is 3. The van der Waals surface area contributed by atoms with Crippen molar-refractivity contribution in [2.24, 2.45) is 16.7 Å². The fourth-order valence-corrected chi connectivity index (χ4v) is 4.69. The summed E-state index contributed by atoms with van der Waals surface area (Å²) in [6, 6.07) is 0. The highest BCUT2D eigenvalue weighted by Gasteiger charge is 2.51. The van der Waals surface area contributed by atoms with Crippen LogP contribution in [0.3, 0.4) is 0 Å². The standard InChI is InChI=1S/C21H37N3O3/c1-6-22-17(25)8-7-9-18(26)23-11-10-21(13-23)14-24(15-21)19(27)20(4,5)12-16(2)3/h16H,6-15H2,1-5H3,(H,22,25). The topological polar surface area (TPSA) is 69.7 Å². The van der Waals surface area contributed by atoms with Crippen molar-refractivity contribution in [3.63, 3.8) is 0 Å². The van der Waals surface area contributed by atoms with Crippen molar-refractivity contribution < 1.29 is 14.4 Å². The van der Waals surface area contributed by atoms with E-state index in [1.54, 1.807) is 0 Å². The van der Waals surface area contributed by atoms with Crippen LogP contribution in [0.15, 0.2) is 0 Å². The second kappa shape index (κ2) is 8.61. The minimum Gasteiger partial charge on any atom is -0.356 e. The lowest BCUT2D eigenvalue weighted by Gasteiger charge is -2.50. The largest absolute Gasteiger partial charge is 0.356 e. The van der Waals surface area contributed by atoms with Gasteiger partial charge < -0.3 is 15.1 Å². The van der Waals surface area contributed by atoms with Crippen molar-refractivity contribution in [1.82, 2.24) is 15.1 Å². The van der Waals surface area contributed by atoms with Gasteiger partial charge in [0.15, 0.2) is 0 Å². The third kappa shape index (κ3) is 5.45. The number of hydrogen-bond donors (Lipinski definition) is 1. The Labute approximate surface area is 164 Å². The number of carbonyl (C=O) groups excluding carboxylic acids is 3. The van der Waals surface area contributed by atoms with Crippen molar-refractivity contribution in [3.8, 4) is 0 Å². The molecule has 2 aliphatic heterocycles. The molecule has 0 aromatic carbocycles. The van der Waals surface area contributed by atoms with Gasteiger partial charge in [0.1, 0.15) is 0 Å². The molecule has 2 rings (SSSR count). The molecule has 0 aromatic heterocycles. The average Bonchev–Trinajstić information content (AvgIpc) is 2.97. The quantitative estimate of drug-likeness (QED) is 0.704. The van der Waals surface area contributed by atoms with Crippen molar-refractivity contribution in [1.29, 1.82) is 0 Å². The van der Waals surface area contributed by atoms with Gasteiger partial charge in [0.2, 0.25) is 17.7 Å². The maximum absolute atomic E-state index is 12.8. The molecule has 154 valence electrons. The molecule has 0 radical (unpaired) electrons. The first-order valence-corrected chi connectivity index (χ1v) is 10.4. The third-order valence-corrected chi connectivity index (χ3v) is 5.80. The maximum Gasteiger partial charge on any atom is 0.228 e. The summed E-state index contributed by atoms with van der Waals surface area (Å²) < 4.78 is 0. The first-order valence-electron chi connectivity index (χ1n) is 10.4. The van der Waals surface area contributed by atoms with Gasteiger partial charge in [-0.1, -0.05) is 27.7 Å². The van der Waals surface area contributed by atoms with Gasteiger partial charge in [-0.2, -0.15) is 0 Å². The van der Waals surface area contributed by atoms with Crippen molar-refractivity contribution in [2.75, 3.05) is 32.7 Å². The number of carbonyl (C=O) groups is 3. The molecule has 6 nitrogen and oxygen atoms in total. The van der Waals surface area contributed by atoms with Crippen molar-refractivity contribution >= 4 is 17.7 Å². The molecule has 0 aliphatic carbocycles. The van der Waals surface area contributed by atoms with Crippen LogP contribution in [-0.4, -0.2) is 60.2 Å². The second-order valence-electron chi connectivity index (χ2n) is 9.52. The predicted molar refractivity (Wildman–Crippen MR) is 106 cm³/mol. The number of rotatable bonds is 8. The number of likely N-dealkylation sites (tertiary alicyclic amines) is 2. The Kier molecular flexibility index (Phi) is 6.92. The Hall–Kier alpha value is -1.59. The van der Waals surface area contributed by atoms with Crippen LogP contribution in [0, 0.1) is 16.7 Å². The Morgan fingerprint density at radius 1 is 1.07 bits per heavy atom. The van der Waals surface area contributed by atoms with E-state index in [1.807, 2.05) is 30.6 Å². The number of nitrogens with one attached hydrogen (secondary N) is 1. The summed E-state index contributed by atoms with van der Waals surface area (Å²) in [7, 11) is 0. The molecular weight excluding hydrogens is 342 g/mol. The number of nitrogens with zero attached hydrogens (tertiary/aromatic N) is 2. The minimum atomic E-state index is -0.317. The van der Waals surface area contributed by atoms with E-state index in [1.165, 1.54) is 0 Å². The highest BCUT2D eigenvalue weighted by molar-refractivity contribution is 5.83. The lowest BCUT2D eigenvalue weighted by molar-refractivity contribution is -0.153. The molecular formula is C21H37N3O3. The molecule has 1 spiro atoms. The molecule has 0 atom stereocenters. The van der Waals surface area contributed by atoms with E-state index in [4.69, 9.17) is 0 Å². The Morgan fingerprint density at radius 3 is 2.30 bits per heavy atom.